The van der Waals surface area contributed by atoms with Crippen molar-refractivity contribution in [3.05, 3.63) is 0 Å². The molecule has 1 saturated carbocycles. The smallest absolute Gasteiger partial charge is 0.0195 e. The summed E-state index contributed by atoms with van der Waals surface area (Å²) in [7, 11) is 0. The lowest BCUT2D eigenvalue weighted by Gasteiger charge is -2.47. The highest BCUT2D eigenvalue weighted by Crippen LogP contribution is 2.36. The maximum absolute atomic E-state index is 3.67. The Bertz CT molecular complexity index is 254. The lowest BCUT2D eigenvalue weighted by atomic mass is 9.78. The van der Waals surface area contributed by atoms with Gasteiger partial charge in [-0.1, -0.05) is 12.8 Å². The molecule has 2 aliphatic rings. The lowest BCUT2D eigenvalue weighted by Crippen LogP contribution is -2.54. The average molecular weight is 252 g/mol. The zero-order valence-electron chi connectivity index (χ0n) is 12.8. The molecule has 0 bridgehead atoms. The molecule has 2 nitrogen and oxygen atoms in total. The molecule has 1 aliphatic heterocycles. The SMILES string of the molecule is CC(CNC(C)(C)C)N1CCCC2CCCCC21. The van der Waals surface area contributed by atoms with E-state index in [1.165, 1.54) is 45.1 Å². The minimum atomic E-state index is 0.246. The minimum Gasteiger partial charge on any atom is -0.311 e. The van der Waals surface area contributed by atoms with Crippen LogP contribution in [0.4, 0.5) is 0 Å². The largest absolute Gasteiger partial charge is 0.311 e. The normalized spacial score (nSPS) is 32.0. The fourth-order valence-corrected chi connectivity index (χ4v) is 3.78. The van der Waals surface area contributed by atoms with Gasteiger partial charge in [-0.2, -0.15) is 0 Å². The van der Waals surface area contributed by atoms with Crippen LogP contribution in [0, 0.1) is 5.92 Å². The molecule has 3 atom stereocenters. The number of nitrogens with one attached hydrogen (secondary N) is 1. The molecule has 106 valence electrons. The van der Waals surface area contributed by atoms with Gasteiger partial charge in [0.25, 0.3) is 0 Å². The second-order valence-electron chi connectivity index (χ2n) is 7.47. The molecule has 0 amide bonds. The van der Waals surface area contributed by atoms with Crippen molar-refractivity contribution < 1.29 is 0 Å². The molecular formula is C16H32N2. The number of piperidine rings is 1. The van der Waals surface area contributed by atoms with Gasteiger partial charge in [-0.05, 0) is 65.8 Å². The molecule has 18 heavy (non-hydrogen) atoms. The van der Waals surface area contributed by atoms with Crippen molar-refractivity contribution in [3.8, 4) is 0 Å². The van der Waals surface area contributed by atoms with E-state index in [0.717, 1.165) is 18.5 Å². The maximum atomic E-state index is 3.67. The average Bonchev–Trinajstić information content (AvgIpc) is 2.34. The van der Waals surface area contributed by atoms with E-state index in [1.54, 1.807) is 0 Å². The summed E-state index contributed by atoms with van der Waals surface area (Å²) in [4.78, 5) is 2.81. The van der Waals surface area contributed by atoms with E-state index in [0.29, 0.717) is 6.04 Å². The molecule has 1 heterocycles. The molecule has 1 aliphatic carbocycles. The summed E-state index contributed by atoms with van der Waals surface area (Å²) in [6, 6.07) is 1.58. The third kappa shape index (κ3) is 3.71. The highest BCUT2D eigenvalue weighted by molar-refractivity contribution is 4.90. The first-order valence-corrected chi connectivity index (χ1v) is 7.98. The maximum Gasteiger partial charge on any atom is 0.0195 e. The van der Waals surface area contributed by atoms with Crippen LogP contribution in [0.15, 0.2) is 0 Å². The number of likely N-dealkylation sites (tertiary alicyclic amines) is 1. The van der Waals surface area contributed by atoms with Gasteiger partial charge in [0.2, 0.25) is 0 Å². The lowest BCUT2D eigenvalue weighted by molar-refractivity contribution is 0.0297. The highest BCUT2D eigenvalue weighted by atomic mass is 15.2. The zero-order valence-corrected chi connectivity index (χ0v) is 12.8. The van der Waals surface area contributed by atoms with E-state index in [2.05, 4.69) is 37.9 Å². The molecule has 0 aromatic carbocycles. The molecule has 1 N–H and O–H groups in total. The molecule has 0 radical (unpaired) electrons. The van der Waals surface area contributed by atoms with Crippen molar-refractivity contribution in [2.24, 2.45) is 5.92 Å². The van der Waals surface area contributed by atoms with Crippen molar-refractivity contribution in [2.45, 2.75) is 83.8 Å². The Morgan fingerprint density at radius 1 is 1.11 bits per heavy atom. The number of nitrogens with zero attached hydrogens (tertiary/aromatic N) is 1. The third-order valence-corrected chi connectivity index (χ3v) is 4.78. The Kier molecular flexibility index (Phi) is 4.71. The number of fused-ring (bicyclic) bond motifs is 1. The Morgan fingerprint density at radius 3 is 2.50 bits per heavy atom. The fourth-order valence-electron chi connectivity index (χ4n) is 3.78. The molecule has 2 heteroatoms. The van der Waals surface area contributed by atoms with Gasteiger partial charge < -0.3 is 5.32 Å². The van der Waals surface area contributed by atoms with E-state index in [4.69, 9.17) is 0 Å². The van der Waals surface area contributed by atoms with Gasteiger partial charge in [-0.3, -0.25) is 4.90 Å². The van der Waals surface area contributed by atoms with Crippen LogP contribution in [-0.4, -0.2) is 35.6 Å². The minimum absolute atomic E-state index is 0.246. The van der Waals surface area contributed by atoms with Crippen molar-refractivity contribution in [3.63, 3.8) is 0 Å². The summed E-state index contributed by atoms with van der Waals surface area (Å²) in [6.07, 6.45) is 8.77. The second kappa shape index (κ2) is 5.92. The van der Waals surface area contributed by atoms with E-state index < -0.39 is 0 Å². The molecule has 2 rings (SSSR count). The van der Waals surface area contributed by atoms with Gasteiger partial charge >= 0.3 is 0 Å². The fraction of sp³-hybridized carbons (Fsp3) is 1.00. The zero-order chi connectivity index (χ0) is 13.2. The Labute approximate surface area is 114 Å². The second-order valence-corrected chi connectivity index (χ2v) is 7.47. The standard InChI is InChI=1S/C16H32N2/c1-13(12-17-16(2,3)4)18-11-7-9-14-8-5-6-10-15(14)18/h13-15,17H,5-12H2,1-4H3. The predicted octanol–water partition coefficient (Wildman–Crippen LogP) is 3.42. The summed E-state index contributed by atoms with van der Waals surface area (Å²) in [5.74, 6) is 1.00. The topological polar surface area (TPSA) is 15.3 Å². The molecule has 3 unspecified atom stereocenters. The molecule has 2 fully saturated rings. The van der Waals surface area contributed by atoms with E-state index in [-0.39, 0.29) is 5.54 Å². The number of hydrogen-bond acceptors (Lipinski definition) is 2. The Hall–Kier alpha value is -0.0800. The quantitative estimate of drug-likeness (QED) is 0.828. The van der Waals surface area contributed by atoms with Gasteiger partial charge in [0, 0.05) is 24.2 Å². The summed E-state index contributed by atoms with van der Waals surface area (Å²) in [5, 5.41) is 3.67. The molecular weight excluding hydrogens is 220 g/mol. The molecule has 0 aromatic heterocycles. The molecule has 0 spiro atoms. The van der Waals surface area contributed by atoms with Crippen LogP contribution in [-0.2, 0) is 0 Å². The predicted molar refractivity (Wildman–Crippen MR) is 78.9 cm³/mol. The van der Waals surface area contributed by atoms with Crippen LogP contribution in [0.3, 0.4) is 0 Å². The molecule has 1 saturated heterocycles. The molecule has 0 aromatic rings. The highest BCUT2D eigenvalue weighted by Gasteiger charge is 2.35. The van der Waals surface area contributed by atoms with Crippen LogP contribution in [0.2, 0.25) is 0 Å². The Balaban J connectivity index is 1.89. The van der Waals surface area contributed by atoms with Crippen molar-refractivity contribution in [1.82, 2.24) is 10.2 Å². The third-order valence-electron chi connectivity index (χ3n) is 4.78. The summed E-state index contributed by atoms with van der Waals surface area (Å²) < 4.78 is 0. The van der Waals surface area contributed by atoms with E-state index in [1.807, 2.05) is 0 Å². The van der Waals surface area contributed by atoms with Gasteiger partial charge in [0.05, 0.1) is 0 Å². The van der Waals surface area contributed by atoms with Crippen LogP contribution >= 0.6 is 0 Å². The summed E-state index contributed by atoms with van der Waals surface area (Å²) >= 11 is 0. The monoisotopic (exact) mass is 252 g/mol. The van der Waals surface area contributed by atoms with Crippen LogP contribution in [0.1, 0.15) is 66.2 Å². The van der Waals surface area contributed by atoms with E-state index >= 15 is 0 Å². The van der Waals surface area contributed by atoms with Crippen LogP contribution in [0.5, 0.6) is 0 Å². The first-order chi connectivity index (χ1) is 8.47. The first kappa shape index (κ1) is 14.3. The van der Waals surface area contributed by atoms with Crippen LogP contribution in [0.25, 0.3) is 0 Å². The van der Waals surface area contributed by atoms with Gasteiger partial charge in [-0.25, -0.2) is 0 Å². The van der Waals surface area contributed by atoms with Crippen molar-refractivity contribution >= 4 is 0 Å². The number of hydrogen-bond donors (Lipinski definition) is 1. The Morgan fingerprint density at radius 2 is 1.78 bits per heavy atom. The van der Waals surface area contributed by atoms with E-state index in [9.17, 15) is 0 Å². The number of rotatable bonds is 3. The summed E-state index contributed by atoms with van der Waals surface area (Å²) in [6.45, 7) is 11.7. The van der Waals surface area contributed by atoms with Crippen LogP contribution < -0.4 is 5.32 Å². The van der Waals surface area contributed by atoms with Crippen molar-refractivity contribution in [2.75, 3.05) is 13.1 Å². The van der Waals surface area contributed by atoms with Gasteiger partial charge in [-0.15, -0.1) is 0 Å². The summed E-state index contributed by atoms with van der Waals surface area (Å²) in [5.41, 5.74) is 0.246. The van der Waals surface area contributed by atoms with Crippen molar-refractivity contribution in [1.29, 1.82) is 0 Å². The van der Waals surface area contributed by atoms with Gasteiger partial charge in [0.1, 0.15) is 0 Å². The first-order valence-electron chi connectivity index (χ1n) is 7.98. The van der Waals surface area contributed by atoms with Gasteiger partial charge in [0.15, 0.2) is 0 Å².